The molecule has 0 amide bonds. The highest BCUT2D eigenvalue weighted by atomic mass is 35.5. The molecule has 98 valence electrons. The third kappa shape index (κ3) is 2.93. The van der Waals surface area contributed by atoms with Crippen LogP contribution in [0.4, 0.5) is 5.00 Å². The van der Waals surface area contributed by atoms with Crippen LogP contribution in [-0.2, 0) is 9.47 Å². The van der Waals surface area contributed by atoms with Gasteiger partial charge in [0.05, 0.1) is 18.8 Å². The first-order chi connectivity index (χ1) is 8.76. The van der Waals surface area contributed by atoms with Crippen LogP contribution in [0.2, 0.25) is 5.15 Å². The second-order valence-corrected chi connectivity index (χ2v) is 5.18. The summed E-state index contributed by atoms with van der Waals surface area (Å²) >= 11 is 7.03. The molecule has 0 unspecified atom stereocenters. The summed E-state index contributed by atoms with van der Waals surface area (Å²) in [6.07, 6.45) is 2.16. The molecule has 0 bridgehead atoms. The SMILES string of the molecule is COC[C@H](Nc1snc(Cl)c1C#N)[C@H]1CCCO1. The van der Waals surface area contributed by atoms with Crippen LogP contribution in [0.1, 0.15) is 18.4 Å². The van der Waals surface area contributed by atoms with Gasteiger partial charge in [-0.2, -0.15) is 9.64 Å². The molecule has 1 aliphatic rings. The number of nitrogens with zero attached hydrogens (tertiary/aromatic N) is 2. The molecule has 2 rings (SSSR count). The van der Waals surface area contributed by atoms with Crippen molar-refractivity contribution in [2.75, 3.05) is 25.6 Å². The minimum atomic E-state index is 0.0149. The smallest absolute Gasteiger partial charge is 0.162 e. The fourth-order valence-electron chi connectivity index (χ4n) is 1.98. The molecule has 2 heterocycles. The van der Waals surface area contributed by atoms with Gasteiger partial charge in [-0.15, -0.1) is 0 Å². The molecule has 5 nitrogen and oxygen atoms in total. The van der Waals surface area contributed by atoms with E-state index in [0.29, 0.717) is 17.2 Å². The summed E-state index contributed by atoms with van der Waals surface area (Å²) in [6, 6.07) is 2.07. The largest absolute Gasteiger partial charge is 0.382 e. The fourth-order valence-corrected chi connectivity index (χ4v) is 2.97. The average molecular weight is 288 g/mol. The lowest BCUT2D eigenvalue weighted by molar-refractivity contribution is 0.0639. The molecule has 0 saturated carbocycles. The summed E-state index contributed by atoms with van der Waals surface area (Å²) in [7, 11) is 1.65. The van der Waals surface area contributed by atoms with Crippen LogP contribution in [0.5, 0.6) is 0 Å². The molecule has 1 fully saturated rings. The van der Waals surface area contributed by atoms with Crippen molar-refractivity contribution in [2.45, 2.75) is 25.0 Å². The Labute approximate surface area is 115 Å². The summed E-state index contributed by atoms with van der Waals surface area (Å²) in [5, 5.41) is 13.2. The lowest BCUT2D eigenvalue weighted by atomic mass is 10.1. The molecule has 0 spiro atoms. The van der Waals surface area contributed by atoms with Gasteiger partial charge in [-0.25, -0.2) is 0 Å². The van der Waals surface area contributed by atoms with E-state index in [2.05, 4.69) is 15.8 Å². The van der Waals surface area contributed by atoms with Crippen molar-refractivity contribution in [1.82, 2.24) is 4.37 Å². The predicted molar refractivity (Wildman–Crippen MR) is 70.1 cm³/mol. The molecule has 7 heteroatoms. The van der Waals surface area contributed by atoms with Crippen molar-refractivity contribution in [3.05, 3.63) is 10.7 Å². The van der Waals surface area contributed by atoms with E-state index in [4.69, 9.17) is 26.3 Å². The van der Waals surface area contributed by atoms with Crippen molar-refractivity contribution >= 4 is 28.1 Å². The Bertz CT molecular complexity index is 440. The Balaban J connectivity index is 2.10. The van der Waals surface area contributed by atoms with Crippen LogP contribution in [0.15, 0.2) is 0 Å². The molecule has 0 aromatic carbocycles. The van der Waals surface area contributed by atoms with Crippen molar-refractivity contribution in [3.8, 4) is 6.07 Å². The number of ether oxygens (including phenoxy) is 2. The standard InChI is InChI=1S/C11H14ClN3O2S/c1-16-6-8(9-3-2-4-17-9)14-11-7(5-13)10(12)15-18-11/h8-9,14H,2-4,6H2,1H3/t8-,9+/m0/s1. The predicted octanol–water partition coefficient (Wildman–Crippen LogP) is 2.27. The number of hydrogen-bond acceptors (Lipinski definition) is 6. The third-order valence-corrected chi connectivity index (χ3v) is 3.99. The van der Waals surface area contributed by atoms with Crippen molar-refractivity contribution in [3.63, 3.8) is 0 Å². The molecule has 0 radical (unpaired) electrons. The summed E-state index contributed by atoms with van der Waals surface area (Å²) in [5.74, 6) is 0. The first kappa shape index (κ1) is 13.6. The first-order valence-electron chi connectivity index (χ1n) is 5.68. The summed E-state index contributed by atoms with van der Waals surface area (Å²) in [6.45, 7) is 1.30. The molecule has 1 aromatic heterocycles. The van der Waals surface area contributed by atoms with Gasteiger partial charge >= 0.3 is 0 Å². The average Bonchev–Trinajstić information content (AvgIpc) is 2.98. The van der Waals surface area contributed by atoms with Crippen molar-refractivity contribution in [2.24, 2.45) is 0 Å². The molecule has 1 saturated heterocycles. The number of hydrogen-bond donors (Lipinski definition) is 1. The van der Waals surface area contributed by atoms with Gasteiger partial charge < -0.3 is 14.8 Å². The highest BCUT2D eigenvalue weighted by Gasteiger charge is 2.27. The molecule has 18 heavy (non-hydrogen) atoms. The van der Waals surface area contributed by atoms with Gasteiger partial charge in [0.2, 0.25) is 0 Å². The zero-order valence-corrected chi connectivity index (χ0v) is 11.6. The molecular formula is C11H14ClN3O2S. The minimum Gasteiger partial charge on any atom is -0.382 e. The highest BCUT2D eigenvalue weighted by molar-refractivity contribution is 7.10. The van der Waals surface area contributed by atoms with E-state index in [9.17, 15) is 0 Å². The Hall–Kier alpha value is -0.870. The topological polar surface area (TPSA) is 67.2 Å². The molecule has 0 aliphatic carbocycles. The quantitative estimate of drug-likeness (QED) is 0.900. The fraction of sp³-hybridized carbons (Fsp3) is 0.636. The second-order valence-electron chi connectivity index (χ2n) is 4.05. The zero-order valence-electron chi connectivity index (χ0n) is 9.98. The Kier molecular flexibility index (Phi) is 4.78. The molecule has 1 N–H and O–H groups in total. The van der Waals surface area contributed by atoms with Gasteiger partial charge in [-0.1, -0.05) is 11.6 Å². The third-order valence-electron chi connectivity index (χ3n) is 2.84. The van der Waals surface area contributed by atoms with Crippen LogP contribution in [-0.4, -0.2) is 36.8 Å². The van der Waals surface area contributed by atoms with E-state index in [0.717, 1.165) is 19.4 Å². The minimum absolute atomic E-state index is 0.0149. The van der Waals surface area contributed by atoms with Gasteiger partial charge in [-0.05, 0) is 24.4 Å². The highest BCUT2D eigenvalue weighted by Crippen LogP contribution is 2.29. The van der Waals surface area contributed by atoms with Crippen LogP contribution >= 0.6 is 23.1 Å². The van der Waals surface area contributed by atoms with E-state index in [1.165, 1.54) is 11.5 Å². The van der Waals surface area contributed by atoms with E-state index in [-0.39, 0.29) is 17.3 Å². The number of nitrogens with one attached hydrogen (secondary N) is 1. The maximum absolute atomic E-state index is 9.03. The second kappa shape index (κ2) is 6.34. The molecule has 1 aromatic rings. The van der Waals surface area contributed by atoms with Gasteiger partial charge in [0.15, 0.2) is 5.15 Å². The number of rotatable bonds is 5. The van der Waals surface area contributed by atoms with Gasteiger partial charge in [-0.3, -0.25) is 0 Å². The van der Waals surface area contributed by atoms with Gasteiger partial charge in [0.1, 0.15) is 16.6 Å². The monoisotopic (exact) mass is 287 g/mol. The summed E-state index contributed by atoms with van der Waals surface area (Å²) in [5.41, 5.74) is 0.390. The van der Waals surface area contributed by atoms with E-state index < -0.39 is 0 Å². The number of anilines is 1. The van der Waals surface area contributed by atoms with E-state index in [1.807, 2.05) is 0 Å². The Morgan fingerprint density at radius 1 is 1.78 bits per heavy atom. The molecular weight excluding hydrogens is 274 g/mol. The summed E-state index contributed by atoms with van der Waals surface area (Å²) < 4.78 is 14.8. The van der Waals surface area contributed by atoms with Gasteiger partial charge in [0, 0.05) is 13.7 Å². The van der Waals surface area contributed by atoms with Crippen LogP contribution in [0.3, 0.4) is 0 Å². The number of halogens is 1. The normalized spacial score (nSPS) is 20.6. The lowest BCUT2D eigenvalue weighted by Crippen LogP contribution is -2.37. The van der Waals surface area contributed by atoms with E-state index >= 15 is 0 Å². The molecule has 2 atom stereocenters. The van der Waals surface area contributed by atoms with Crippen LogP contribution in [0.25, 0.3) is 0 Å². The van der Waals surface area contributed by atoms with Gasteiger partial charge in [0.25, 0.3) is 0 Å². The van der Waals surface area contributed by atoms with Crippen molar-refractivity contribution in [1.29, 1.82) is 5.26 Å². The number of methoxy groups -OCH3 is 1. The zero-order chi connectivity index (χ0) is 13.0. The van der Waals surface area contributed by atoms with E-state index in [1.54, 1.807) is 7.11 Å². The first-order valence-corrected chi connectivity index (χ1v) is 6.83. The van der Waals surface area contributed by atoms with Crippen LogP contribution < -0.4 is 5.32 Å². The van der Waals surface area contributed by atoms with Crippen LogP contribution in [0, 0.1) is 11.3 Å². The maximum Gasteiger partial charge on any atom is 0.162 e. The Morgan fingerprint density at radius 3 is 3.22 bits per heavy atom. The maximum atomic E-state index is 9.03. The Morgan fingerprint density at radius 2 is 2.61 bits per heavy atom. The summed E-state index contributed by atoms with van der Waals surface area (Å²) in [4.78, 5) is 0. The number of aromatic nitrogens is 1. The number of nitriles is 1. The molecule has 1 aliphatic heterocycles. The lowest BCUT2D eigenvalue weighted by Gasteiger charge is -2.23. The van der Waals surface area contributed by atoms with Crippen molar-refractivity contribution < 1.29 is 9.47 Å².